The Bertz CT molecular complexity index is 641. The molecule has 2 atom stereocenters. The Balaban J connectivity index is 2.12. The highest BCUT2D eigenvalue weighted by atomic mass is 32.2. The fourth-order valence-electron chi connectivity index (χ4n) is 2.96. The number of nitrogens with one attached hydrogen (secondary N) is 1. The average Bonchev–Trinajstić information content (AvgIpc) is 2.88. The minimum absolute atomic E-state index is 0.0130. The molecule has 1 aliphatic rings. The van der Waals surface area contributed by atoms with Crippen LogP contribution < -0.4 is 5.32 Å². The van der Waals surface area contributed by atoms with Gasteiger partial charge in [-0.1, -0.05) is 25.1 Å². The van der Waals surface area contributed by atoms with Crippen molar-refractivity contribution >= 4 is 23.7 Å². The Kier molecular flexibility index (Phi) is 7.32. The molecule has 0 aromatic heterocycles. The molecule has 0 radical (unpaired) electrons. The molecule has 1 aliphatic heterocycles. The van der Waals surface area contributed by atoms with Gasteiger partial charge in [-0.2, -0.15) is 0 Å². The first kappa shape index (κ1) is 20.6. The zero-order valence-corrected chi connectivity index (χ0v) is 16.7. The number of nitrogens with zero attached hydrogens (tertiary/aromatic N) is 2. The fraction of sp³-hybridized carbons (Fsp3) is 0.579. The number of urea groups is 1. The summed E-state index contributed by atoms with van der Waals surface area (Å²) in [6, 6.07) is 6.45. The Hall–Kier alpha value is -1.76. The third-order valence-electron chi connectivity index (χ3n) is 4.41. The number of hydrogen-bond acceptors (Lipinski definition) is 3. The van der Waals surface area contributed by atoms with E-state index in [-0.39, 0.29) is 34.4 Å². The van der Waals surface area contributed by atoms with Gasteiger partial charge in [0.05, 0.1) is 5.25 Å². The molecule has 7 heteroatoms. The van der Waals surface area contributed by atoms with Gasteiger partial charge in [0.25, 0.3) is 0 Å². The van der Waals surface area contributed by atoms with Crippen LogP contribution in [-0.4, -0.2) is 52.7 Å². The molecule has 1 aromatic carbocycles. The first-order chi connectivity index (χ1) is 12.4. The Morgan fingerprint density at radius 3 is 2.69 bits per heavy atom. The van der Waals surface area contributed by atoms with Crippen molar-refractivity contribution in [2.24, 2.45) is 0 Å². The van der Waals surface area contributed by atoms with Gasteiger partial charge in [-0.05, 0) is 33.3 Å². The maximum Gasteiger partial charge on any atom is 0.317 e. The van der Waals surface area contributed by atoms with Gasteiger partial charge in [0.2, 0.25) is 5.91 Å². The third-order valence-corrected chi connectivity index (χ3v) is 5.79. The van der Waals surface area contributed by atoms with Crippen molar-refractivity contribution in [3.8, 4) is 0 Å². The van der Waals surface area contributed by atoms with Gasteiger partial charge in [-0.15, -0.1) is 11.8 Å². The van der Waals surface area contributed by atoms with Crippen LogP contribution in [0.2, 0.25) is 0 Å². The van der Waals surface area contributed by atoms with Gasteiger partial charge < -0.3 is 15.1 Å². The van der Waals surface area contributed by atoms with E-state index in [2.05, 4.69) is 5.32 Å². The van der Waals surface area contributed by atoms with Gasteiger partial charge in [0, 0.05) is 31.2 Å². The molecule has 0 spiro atoms. The van der Waals surface area contributed by atoms with Crippen LogP contribution in [0.3, 0.4) is 0 Å². The zero-order valence-electron chi connectivity index (χ0n) is 15.9. The summed E-state index contributed by atoms with van der Waals surface area (Å²) in [7, 11) is 0. The lowest BCUT2D eigenvalue weighted by Gasteiger charge is -2.31. The Labute approximate surface area is 159 Å². The van der Waals surface area contributed by atoms with Gasteiger partial charge >= 0.3 is 6.03 Å². The number of hydrogen-bond donors (Lipinski definition) is 1. The molecule has 1 heterocycles. The predicted molar refractivity (Wildman–Crippen MR) is 103 cm³/mol. The summed E-state index contributed by atoms with van der Waals surface area (Å²) in [6.07, 6.45) is 0.867. The number of halogens is 1. The molecule has 0 unspecified atom stereocenters. The van der Waals surface area contributed by atoms with Crippen LogP contribution >= 0.6 is 11.8 Å². The lowest BCUT2D eigenvalue weighted by atomic mass is 10.2. The van der Waals surface area contributed by atoms with Crippen LogP contribution in [-0.2, 0) is 4.79 Å². The zero-order chi connectivity index (χ0) is 19.3. The van der Waals surface area contributed by atoms with Crippen LogP contribution in [0.5, 0.6) is 0 Å². The van der Waals surface area contributed by atoms with E-state index in [0.717, 1.165) is 6.42 Å². The molecule has 0 saturated carbocycles. The predicted octanol–water partition coefficient (Wildman–Crippen LogP) is 3.62. The molecule has 144 valence electrons. The van der Waals surface area contributed by atoms with Crippen molar-refractivity contribution in [1.82, 2.24) is 15.1 Å². The summed E-state index contributed by atoms with van der Waals surface area (Å²) in [4.78, 5) is 28.3. The monoisotopic (exact) mass is 381 g/mol. The highest BCUT2D eigenvalue weighted by Crippen LogP contribution is 2.43. The molecule has 26 heavy (non-hydrogen) atoms. The van der Waals surface area contributed by atoms with E-state index < -0.39 is 0 Å². The number of rotatable bonds is 7. The number of carbonyl (C=O) groups is 2. The Morgan fingerprint density at radius 1 is 1.38 bits per heavy atom. The van der Waals surface area contributed by atoms with Crippen molar-refractivity contribution < 1.29 is 14.0 Å². The number of benzene rings is 1. The van der Waals surface area contributed by atoms with Gasteiger partial charge in [0.15, 0.2) is 0 Å². The molecular weight excluding hydrogens is 353 g/mol. The summed E-state index contributed by atoms with van der Waals surface area (Å²) in [6.45, 7) is 9.15. The lowest BCUT2D eigenvalue weighted by Crippen LogP contribution is -2.48. The largest absolute Gasteiger partial charge is 0.338 e. The molecule has 0 aliphatic carbocycles. The molecule has 1 aromatic rings. The molecule has 5 nitrogen and oxygen atoms in total. The first-order valence-electron chi connectivity index (χ1n) is 9.11. The molecule has 1 fully saturated rings. The summed E-state index contributed by atoms with van der Waals surface area (Å²) in [5.74, 6) is -0.320. The van der Waals surface area contributed by atoms with Crippen LogP contribution in [0.25, 0.3) is 0 Å². The molecule has 3 amide bonds. The average molecular weight is 382 g/mol. The minimum Gasteiger partial charge on any atom is -0.338 e. The van der Waals surface area contributed by atoms with Crippen molar-refractivity contribution in [2.45, 2.75) is 50.8 Å². The molecule has 1 saturated heterocycles. The third kappa shape index (κ3) is 4.69. The Morgan fingerprint density at radius 2 is 2.08 bits per heavy atom. The van der Waals surface area contributed by atoms with Crippen molar-refractivity contribution in [2.75, 3.05) is 19.6 Å². The topological polar surface area (TPSA) is 52.7 Å². The first-order valence-corrected chi connectivity index (χ1v) is 10.1. The van der Waals surface area contributed by atoms with Crippen LogP contribution in [0.1, 0.15) is 45.1 Å². The number of thioether (sulfide) groups is 1. The second-order valence-electron chi connectivity index (χ2n) is 6.70. The van der Waals surface area contributed by atoms with Crippen LogP contribution in [0.4, 0.5) is 9.18 Å². The van der Waals surface area contributed by atoms with Crippen molar-refractivity contribution in [3.05, 3.63) is 35.6 Å². The summed E-state index contributed by atoms with van der Waals surface area (Å²) < 4.78 is 14.2. The van der Waals surface area contributed by atoms with E-state index in [1.807, 2.05) is 27.7 Å². The van der Waals surface area contributed by atoms with Gasteiger partial charge in [-0.25, -0.2) is 9.18 Å². The number of amides is 3. The standard InChI is InChI=1S/C19H28FN3O2S/c1-5-10-21-19(25)22(13(2)3)11-12-23-17(24)14(4)26-18(23)15-8-6-7-9-16(15)20/h6-9,13-14,18H,5,10-12H2,1-4H3,(H,21,25)/t14-,18+/m1/s1. The van der Waals surface area contributed by atoms with Gasteiger partial charge in [0.1, 0.15) is 11.2 Å². The molecule has 1 N–H and O–H groups in total. The van der Waals surface area contributed by atoms with Crippen molar-refractivity contribution in [3.63, 3.8) is 0 Å². The molecule has 0 bridgehead atoms. The van der Waals surface area contributed by atoms with E-state index in [9.17, 15) is 14.0 Å². The minimum atomic E-state index is -0.355. The van der Waals surface area contributed by atoms with Crippen LogP contribution in [0.15, 0.2) is 24.3 Å². The smallest absolute Gasteiger partial charge is 0.317 e. The highest BCUT2D eigenvalue weighted by molar-refractivity contribution is 8.01. The number of carbonyl (C=O) groups excluding carboxylic acids is 2. The maximum atomic E-state index is 14.2. The summed E-state index contributed by atoms with van der Waals surface area (Å²) in [5, 5.41) is 2.30. The summed E-state index contributed by atoms with van der Waals surface area (Å²) >= 11 is 1.45. The van der Waals surface area contributed by atoms with E-state index in [1.165, 1.54) is 17.8 Å². The quantitative estimate of drug-likeness (QED) is 0.785. The van der Waals surface area contributed by atoms with Crippen molar-refractivity contribution in [1.29, 1.82) is 0 Å². The second-order valence-corrected chi connectivity index (χ2v) is 8.13. The normalized spacial score (nSPS) is 19.9. The second kappa shape index (κ2) is 9.26. The molecule has 2 rings (SSSR count). The lowest BCUT2D eigenvalue weighted by molar-refractivity contribution is -0.130. The SMILES string of the molecule is CCCNC(=O)N(CCN1C(=O)[C@@H](C)S[C@H]1c1ccccc1F)C(C)C. The summed E-state index contributed by atoms with van der Waals surface area (Å²) in [5.41, 5.74) is 0.515. The highest BCUT2D eigenvalue weighted by Gasteiger charge is 2.39. The fourth-order valence-corrected chi connectivity index (χ4v) is 4.29. The van der Waals surface area contributed by atoms with Crippen LogP contribution in [0, 0.1) is 5.82 Å². The van der Waals surface area contributed by atoms with E-state index in [0.29, 0.717) is 25.2 Å². The molecular formula is C19H28FN3O2S. The van der Waals surface area contributed by atoms with Gasteiger partial charge in [-0.3, -0.25) is 4.79 Å². The maximum absolute atomic E-state index is 14.2. The van der Waals surface area contributed by atoms with E-state index in [1.54, 1.807) is 28.0 Å². The van der Waals surface area contributed by atoms with E-state index in [4.69, 9.17) is 0 Å². The van der Waals surface area contributed by atoms with E-state index >= 15 is 0 Å².